The van der Waals surface area contributed by atoms with Crippen LogP contribution in [-0.2, 0) is 0 Å². The van der Waals surface area contributed by atoms with Gasteiger partial charge in [-0.2, -0.15) is 0 Å². The molecule has 6 heteroatoms. The van der Waals surface area contributed by atoms with Crippen LogP contribution in [-0.4, -0.2) is 27.4 Å². The number of fused-ring (bicyclic) bond motifs is 24. The van der Waals surface area contributed by atoms with E-state index in [9.17, 15) is 0 Å². The molecule has 0 bridgehead atoms. The Bertz CT molecular complexity index is 9350. The van der Waals surface area contributed by atoms with Crippen LogP contribution in [0.5, 0.6) is 0 Å². The van der Waals surface area contributed by atoms with Crippen molar-refractivity contribution in [2.75, 3.05) is 0 Å². The summed E-state index contributed by atoms with van der Waals surface area (Å²) >= 11 is 0. The van der Waals surface area contributed by atoms with E-state index in [1.165, 1.54) is 219 Å². The van der Waals surface area contributed by atoms with Gasteiger partial charge in [0.15, 0.2) is 0 Å². The van der Waals surface area contributed by atoms with Crippen molar-refractivity contribution in [1.29, 1.82) is 0 Å². The lowest BCUT2D eigenvalue weighted by Gasteiger charge is -2.14. The summed E-state index contributed by atoms with van der Waals surface area (Å²) in [5.41, 5.74) is 31.2. The first-order valence-electron chi connectivity index (χ1n) is 45.4. The summed E-state index contributed by atoms with van der Waals surface area (Å²) in [7, 11) is 0. The lowest BCUT2D eigenvalue weighted by molar-refractivity contribution is 1.16. The van der Waals surface area contributed by atoms with Crippen LogP contribution in [0.1, 0.15) is 0 Å². The van der Waals surface area contributed by atoms with E-state index in [0.717, 1.165) is 22.7 Å². The van der Waals surface area contributed by atoms with Crippen LogP contribution in [0.3, 0.4) is 0 Å². The van der Waals surface area contributed by atoms with Crippen molar-refractivity contribution in [3.05, 3.63) is 497 Å². The van der Waals surface area contributed by atoms with Gasteiger partial charge in [0.2, 0.25) is 0 Å². The Hall–Kier alpha value is -17.6. The first kappa shape index (κ1) is 75.7. The Morgan fingerprint density at radius 1 is 0.0985 bits per heavy atom. The molecular formula is C126H82N6. The Kier molecular flexibility index (Phi) is 17.9. The predicted molar refractivity (Wildman–Crippen MR) is 560 cm³/mol. The highest BCUT2D eigenvalue weighted by atomic mass is 15.0. The molecule has 6 nitrogen and oxygen atoms in total. The highest BCUT2D eigenvalue weighted by Crippen LogP contribution is 2.48. The van der Waals surface area contributed by atoms with Crippen molar-refractivity contribution < 1.29 is 0 Å². The van der Waals surface area contributed by atoms with Crippen LogP contribution in [0, 0.1) is 0 Å². The van der Waals surface area contributed by atoms with Gasteiger partial charge in [-0.1, -0.05) is 346 Å². The molecule has 0 amide bonds. The maximum atomic E-state index is 2.47. The van der Waals surface area contributed by atoms with E-state index in [4.69, 9.17) is 0 Å². The first-order chi connectivity index (χ1) is 65.5. The lowest BCUT2D eigenvalue weighted by Crippen LogP contribution is -1.97. The maximum Gasteiger partial charge on any atom is 0.0562 e. The molecule has 28 aromatic rings. The number of para-hydroxylation sites is 7. The number of hydrogen-bond acceptors (Lipinski definition) is 0. The van der Waals surface area contributed by atoms with Crippen LogP contribution in [0.2, 0.25) is 0 Å². The molecule has 0 saturated heterocycles. The highest BCUT2D eigenvalue weighted by Gasteiger charge is 2.26. The molecule has 22 aromatic carbocycles. The molecule has 0 radical (unpaired) electrons. The fourth-order valence-electron chi connectivity index (χ4n) is 21.4. The fourth-order valence-corrected chi connectivity index (χ4v) is 21.4. The molecule has 0 aliphatic carbocycles. The first-order valence-corrected chi connectivity index (χ1v) is 45.4. The minimum absolute atomic E-state index is 1.15. The van der Waals surface area contributed by atoms with E-state index >= 15 is 0 Å². The van der Waals surface area contributed by atoms with Gasteiger partial charge in [0.05, 0.1) is 66.2 Å². The zero-order valence-corrected chi connectivity index (χ0v) is 72.0. The molecule has 0 aliphatic rings. The maximum absolute atomic E-state index is 2.47. The molecule has 132 heavy (non-hydrogen) atoms. The van der Waals surface area contributed by atoms with Gasteiger partial charge in [-0.3, -0.25) is 0 Å². The number of nitrogens with zero attached hydrogens (tertiary/aromatic N) is 6. The van der Waals surface area contributed by atoms with Gasteiger partial charge in [0.1, 0.15) is 0 Å². The van der Waals surface area contributed by atoms with Crippen LogP contribution in [0.4, 0.5) is 0 Å². The van der Waals surface area contributed by atoms with Crippen LogP contribution in [0.25, 0.3) is 242 Å². The Morgan fingerprint density at radius 2 is 0.333 bits per heavy atom. The average Bonchev–Trinajstić information content (AvgIpc) is 1.56. The second kappa shape index (κ2) is 31.2. The molecule has 0 spiro atoms. The molecular weight excluding hydrogens is 1600 g/mol. The largest absolute Gasteiger partial charge is 0.309 e. The minimum Gasteiger partial charge on any atom is -0.309 e. The normalized spacial score (nSPS) is 11.8. The number of aromatic nitrogens is 6. The van der Waals surface area contributed by atoms with Crippen molar-refractivity contribution in [3.8, 4) is 78.6 Å². The highest BCUT2D eigenvalue weighted by molar-refractivity contribution is 6.29. The molecule has 0 unspecified atom stereocenters. The van der Waals surface area contributed by atoms with E-state index in [2.05, 4.69) is 525 Å². The smallest absolute Gasteiger partial charge is 0.0562 e. The second-order valence-electron chi connectivity index (χ2n) is 34.6. The Labute approximate surface area is 761 Å². The van der Waals surface area contributed by atoms with E-state index in [-0.39, 0.29) is 0 Å². The quantitative estimate of drug-likeness (QED) is 0.131. The fraction of sp³-hybridized carbons (Fsp3) is 0. The summed E-state index contributed by atoms with van der Waals surface area (Å²) in [5.74, 6) is 0. The molecule has 0 aliphatic heterocycles. The monoisotopic (exact) mass is 1680 g/mol. The van der Waals surface area contributed by atoms with Crippen molar-refractivity contribution in [2.45, 2.75) is 0 Å². The van der Waals surface area contributed by atoms with Crippen molar-refractivity contribution in [1.82, 2.24) is 27.4 Å². The Morgan fingerprint density at radius 3 is 0.682 bits per heavy atom. The summed E-state index contributed by atoms with van der Waals surface area (Å²) in [6.07, 6.45) is 0. The second-order valence-corrected chi connectivity index (χ2v) is 34.6. The standard InChI is InChI=1S/2C46H30N2.C34H22N2/c1-4-14-31(15-5-1)34-26-35(32-16-6-2-7-17-32)28-37(27-34)48-42-23-13-12-22-39(42)40-29-41-45(30-44(40)48)47(36-19-8-3-9-20-36)43-25-24-33-18-10-11-21-38(33)46(41)43;1-3-12-31(13-4-1)32-22-24-33(25-23-32)35-15-11-18-37(28-35)48-42-21-10-9-20-39(42)40-29-41-45(30-44(40)48)47(36-16-5-2-6-17-36)43-27-26-34-14-7-8-19-38(34)46(41)43;1-3-12-24(13-4-1)35-30-18-10-9-17-27(30)28-21-29-33(22-32(28)35)36(25-14-5-2-6-15-25)31-20-19-23-11-7-8-16-26(23)34(29)31/h2*1-30H;1-22H. The summed E-state index contributed by atoms with van der Waals surface area (Å²) < 4.78 is 14.6. The summed E-state index contributed by atoms with van der Waals surface area (Å²) in [6, 6.07) is 181. The molecule has 616 valence electrons. The number of hydrogen-bond donors (Lipinski definition) is 0. The molecule has 0 atom stereocenters. The van der Waals surface area contributed by atoms with Gasteiger partial charge in [0, 0.05) is 98.8 Å². The molecule has 6 heterocycles. The van der Waals surface area contributed by atoms with E-state index in [0.29, 0.717) is 0 Å². The van der Waals surface area contributed by atoms with Gasteiger partial charge in [0.25, 0.3) is 0 Å². The van der Waals surface area contributed by atoms with E-state index in [1.807, 2.05) is 0 Å². The lowest BCUT2D eigenvalue weighted by atomic mass is 9.98. The van der Waals surface area contributed by atoms with Gasteiger partial charge in [-0.25, -0.2) is 0 Å². The zero-order valence-electron chi connectivity index (χ0n) is 72.0. The van der Waals surface area contributed by atoms with Gasteiger partial charge in [-0.15, -0.1) is 0 Å². The zero-order chi connectivity index (χ0) is 86.9. The Balaban J connectivity index is 0.000000105. The third-order valence-corrected chi connectivity index (χ3v) is 27.2. The van der Waals surface area contributed by atoms with Crippen LogP contribution >= 0.6 is 0 Å². The minimum atomic E-state index is 1.15. The molecule has 0 saturated carbocycles. The third kappa shape index (κ3) is 12.4. The van der Waals surface area contributed by atoms with Crippen molar-refractivity contribution >= 4 is 163 Å². The van der Waals surface area contributed by atoms with Gasteiger partial charge in [-0.05, 0) is 228 Å². The summed E-state index contributed by atoms with van der Waals surface area (Å²) in [6.45, 7) is 0. The number of rotatable bonds is 10. The van der Waals surface area contributed by atoms with Crippen molar-refractivity contribution in [3.63, 3.8) is 0 Å². The third-order valence-electron chi connectivity index (χ3n) is 27.2. The average molecular weight is 1680 g/mol. The number of benzene rings is 22. The molecule has 0 fully saturated rings. The predicted octanol–water partition coefficient (Wildman–Crippen LogP) is 33.8. The van der Waals surface area contributed by atoms with Crippen LogP contribution in [0.15, 0.2) is 497 Å². The summed E-state index contributed by atoms with van der Waals surface area (Å²) in [4.78, 5) is 0. The van der Waals surface area contributed by atoms with Crippen LogP contribution < -0.4 is 0 Å². The van der Waals surface area contributed by atoms with Crippen molar-refractivity contribution in [2.24, 2.45) is 0 Å². The van der Waals surface area contributed by atoms with Gasteiger partial charge >= 0.3 is 0 Å². The van der Waals surface area contributed by atoms with E-state index < -0.39 is 0 Å². The molecule has 28 rings (SSSR count). The topological polar surface area (TPSA) is 29.6 Å². The summed E-state index contributed by atoms with van der Waals surface area (Å²) in [5, 5.41) is 22.9. The van der Waals surface area contributed by atoms with E-state index in [1.54, 1.807) is 0 Å². The molecule has 0 N–H and O–H groups in total. The molecule has 6 aromatic heterocycles. The van der Waals surface area contributed by atoms with Gasteiger partial charge < -0.3 is 27.4 Å². The SMILES string of the molecule is c1ccc(-c2cc(-c3ccccc3)cc(-n3c4ccccc4c4cc5c6c7ccccc7ccc6n(-c6ccccc6)c5cc43)c2)cc1.c1ccc(-c2ccc(-c3cccc(-n4c5ccccc5c5cc6c7c8ccccc8ccc7n(-c7ccccc7)c6cc54)c3)cc2)cc1.c1ccc(-n2c3ccccc3c3cc4c5c6ccccc6ccc5n(-c5ccccc5)c4cc32)cc1.